The predicted octanol–water partition coefficient (Wildman–Crippen LogP) is -0.0769. The van der Waals surface area contributed by atoms with E-state index in [4.69, 9.17) is 15.3 Å². The van der Waals surface area contributed by atoms with E-state index in [-0.39, 0.29) is 19.6 Å². The fourth-order valence-corrected chi connectivity index (χ4v) is 1.05. The Labute approximate surface area is 102 Å². The first kappa shape index (κ1) is 15.4. The maximum Gasteiger partial charge on any atom is 0.325 e. The van der Waals surface area contributed by atoms with Gasteiger partial charge >= 0.3 is 5.97 Å². The monoisotopic (exact) mass is 238 g/mol. The van der Waals surface area contributed by atoms with Crippen LogP contribution in [0, 0.1) is 22.7 Å². The Balaban J connectivity index is 4.31. The molecule has 6 heteroatoms. The van der Waals surface area contributed by atoms with Crippen LogP contribution >= 0.6 is 0 Å². The number of nitrogens with zero attached hydrogens (tertiary/aromatic N) is 2. The Hall–Kier alpha value is -1.63. The average molecular weight is 238 g/mol. The number of nitrogens with one attached hydrogen (secondary N) is 2. The summed E-state index contributed by atoms with van der Waals surface area (Å²) >= 11 is 0. The van der Waals surface area contributed by atoms with Crippen LogP contribution in [0.3, 0.4) is 0 Å². The van der Waals surface area contributed by atoms with Gasteiger partial charge in [0.15, 0.2) is 0 Å². The summed E-state index contributed by atoms with van der Waals surface area (Å²) in [6.07, 6.45) is 0. The van der Waals surface area contributed by atoms with Crippen LogP contribution < -0.4 is 10.6 Å². The summed E-state index contributed by atoms with van der Waals surface area (Å²) in [7, 11) is 0. The fraction of sp³-hybridized carbons (Fsp3) is 0.727. The summed E-state index contributed by atoms with van der Waals surface area (Å²) < 4.78 is 5.19. The lowest BCUT2D eigenvalue weighted by atomic mass is 10.2. The molecule has 0 aromatic heterocycles. The van der Waals surface area contributed by atoms with Crippen LogP contribution in [0.5, 0.6) is 0 Å². The Bertz CT molecular complexity index is 322. The molecule has 0 amide bonds. The molecule has 0 saturated heterocycles. The first-order valence-corrected chi connectivity index (χ1v) is 5.31. The van der Waals surface area contributed by atoms with Crippen LogP contribution in [0.15, 0.2) is 0 Å². The molecule has 0 aromatic rings. The average Bonchev–Trinajstić information content (AvgIpc) is 2.20. The van der Waals surface area contributed by atoms with Crippen LogP contribution in [0.2, 0.25) is 0 Å². The minimum atomic E-state index is -0.623. The van der Waals surface area contributed by atoms with Crippen LogP contribution in [-0.4, -0.2) is 37.2 Å². The molecule has 0 rings (SSSR count). The molecule has 6 nitrogen and oxygen atoms in total. The van der Waals surface area contributed by atoms with Gasteiger partial charge in [0.1, 0.15) is 11.6 Å². The van der Waals surface area contributed by atoms with Crippen LogP contribution in [0.25, 0.3) is 0 Å². The van der Waals surface area contributed by atoms with Crippen molar-refractivity contribution in [1.82, 2.24) is 10.6 Å². The van der Waals surface area contributed by atoms with Crippen molar-refractivity contribution in [3.63, 3.8) is 0 Å². The fourth-order valence-electron chi connectivity index (χ4n) is 1.05. The van der Waals surface area contributed by atoms with Gasteiger partial charge in [0.05, 0.1) is 25.2 Å². The number of hydrogen-bond donors (Lipinski definition) is 2. The SMILES string of the molecule is CC(C)(C)OC(=O)C(CNCC#N)NCC#N. The van der Waals surface area contributed by atoms with Gasteiger partial charge in [-0.15, -0.1) is 0 Å². The van der Waals surface area contributed by atoms with Crippen molar-refractivity contribution in [3.8, 4) is 12.1 Å². The molecule has 0 bridgehead atoms. The molecule has 0 aromatic carbocycles. The smallest absolute Gasteiger partial charge is 0.325 e. The first-order valence-electron chi connectivity index (χ1n) is 5.31. The quantitative estimate of drug-likeness (QED) is 0.381. The molecule has 0 spiro atoms. The van der Waals surface area contributed by atoms with Crippen molar-refractivity contribution in [1.29, 1.82) is 10.5 Å². The number of nitriles is 2. The third-order valence-electron chi connectivity index (χ3n) is 1.67. The Morgan fingerprint density at radius 3 is 2.35 bits per heavy atom. The van der Waals surface area contributed by atoms with Crippen molar-refractivity contribution in [2.45, 2.75) is 32.4 Å². The molecule has 1 unspecified atom stereocenters. The second-order valence-corrected chi connectivity index (χ2v) is 4.41. The minimum Gasteiger partial charge on any atom is -0.459 e. The molecule has 0 heterocycles. The highest BCUT2D eigenvalue weighted by atomic mass is 16.6. The molecule has 0 radical (unpaired) electrons. The molecule has 1 atom stereocenters. The Kier molecular flexibility index (Phi) is 6.88. The van der Waals surface area contributed by atoms with Crippen molar-refractivity contribution < 1.29 is 9.53 Å². The van der Waals surface area contributed by atoms with E-state index in [9.17, 15) is 4.79 Å². The van der Waals surface area contributed by atoms with Crippen molar-refractivity contribution in [2.75, 3.05) is 19.6 Å². The first-order chi connectivity index (χ1) is 7.90. The van der Waals surface area contributed by atoms with Gasteiger partial charge in [-0.3, -0.25) is 10.1 Å². The molecule has 0 saturated carbocycles. The minimum absolute atomic E-state index is 0.0537. The van der Waals surface area contributed by atoms with Gasteiger partial charge in [-0.1, -0.05) is 0 Å². The van der Waals surface area contributed by atoms with E-state index in [2.05, 4.69) is 10.6 Å². The zero-order chi connectivity index (χ0) is 13.3. The molecular formula is C11H18N4O2. The molecule has 0 aliphatic rings. The van der Waals surface area contributed by atoms with E-state index in [1.54, 1.807) is 20.8 Å². The van der Waals surface area contributed by atoms with Gasteiger partial charge < -0.3 is 10.1 Å². The van der Waals surface area contributed by atoms with E-state index in [1.807, 2.05) is 12.1 Å². The molecule has 0 fully saturated rings. The number of rotatable bonds is 6. The van der Waals surface area contributed by atoms with Crippen LogP contribution in [0.4, 0.5) is 0 Å². The number of carbonyl (C=O) groups is 1. The maximum atomic E-state index is 11.7. The highest BCUT2D eigenvalue weighted by Crippen LogP contribution is 2.08. The van der Waals surface area contributed by atoms with E-state index in [1.165, 1.54) is 0 Å². The molecular weight excluding hydrogens is 220 g/mol. The predicted molar refractivity (Wildman–Crippen MR) is 61.7 cm³/mol. The lowest BCUT2D eigenvalue weighted by Gasteiger charge is -2.24. The third kappa shape index (κ3) is 8.21. The highest BCUT2D eigenvalue weighted by molar-refractivity contribution is 5.76. The van der Waals surface area contributed by atoms with Crippen molar-refractivity contribution >= 4 is 5.97 Å². The number of hydrogen-bond acceptors (Lipinski definition) is 6. The molecule has 0 aliphatic heterocycles. The van der Waals surface area contributed by atoms with E-state index in [0.717, 1.165) is 0 Å². The largest absolute Gasteiger partial charge is 0.459 e. The Morgan fingerprint density at radius 2 is 1.88 bits per heavy atom. The van der Waals surface area contributed by atoms with Crippen LogP contribution in [-0.2, 0) is 9.53 Å². The lowest BCUT2D eigenvalue weighted by Crippen LogP contribution is -2.47. The van der Waals surface area contributed by atoms with Gasteiger partial charge in [0.2, 0.25) is 0 Å². The highest BCUT2D eigenvalue weighted by Gasteiger charge is 2.24. The lowest BCUT2D eigenvalue weighted by molar-refractivity contribution is -0.157. The van der Waals surface area contributed by atoms with Gasteiger partial charge in [-0.05, 0) is 20.8 Å². The van der Waals surface area contributed by atoms with Gasteiger partial charge in [0, 0.05) is 6.54 Å². The summed E-state index contributed by atoms with van der Waals surface area (Å²) in [5.74, 6) is -0.432. The summed E-state index contributed by atoms with van der Waals surface area (Å²) in [6.45, 7) is 5.77. The molecule has 94 valence electrons. The summed E-state index contributed by atoms with van der Waals surface area (Å²) in [5, 5.41) is 22.4. The molecule has 0 aliphatic carbocycles. The van der Waals surface area contributed by atoms with Crippen LogP contribution in [0.1, 0.15) is 20.8 Å². The molecule has 2 N–H and O–H groups in total. The standard InChI is InChI=1S/C11H18N4O2/c1-11(2,3)17-10(16)9(15-7-5-13)8-14-6-4-12/h9,14-15H,6-8H2,1-3H3. The van der Waals surface area contributed by atoms with E-state index < -0.39 is 17.6 Å². The number of esters is 1. The zero-order valence-corrected chi connectivity index (χ0v) is 10.4. The van der Waals surface area contributed by atoms with Gasteiger partial charge in [0.25, 0.3) is 0 Å². The topological polar surface area (TPSA) is 97.9 Å². The summed E-state index contributed by atoms with van der Waals surface area (Å²) in [4.78, 5) is 11.7. The third-order valence-corrected chi connectivity index (χ3v) is 1.67. The maximum absolute atomic E-state index is 11.7. The second kappa shape index (κ2) is 7.61. The second-order valence-electron chi connectivity index (χ2n) is 4.41. The molecule has 17 heavy (non-hydrogen) atoms. The van der Waals surface area contributed by atoms with E-state index >= 15 is 0 Å². The number of carbonyl (C=O) groups excluding carboxylic acids is 1. The summed E-state index contributed by atoms with van der Waals surface area (Å²) in [5.41, 5.74) is -0.571. The van der Waals surface area contributed by atoms with Crippen molar-refractivity contribution in [3.05, 3.63) is 0 Å². The normalized spacial score (nSPS) is 12.3. The van der Waals surface area contributed by atoms with Gasteiger partial charge in [-0.25, -0.2) is 0 Å². The summed E-state index contributed by atoms with van der Waals surface area (Å²) in [6, 6.07) is 3.18. The Morgan fingerprint density at radius 1 is 1.29 bits per heavy atom. The van der Waals surface area contributed by atoms with Crippen molar-refractivity contribution in [2.24, 2.45) is 0 Å². The number of ether oxygens (including phenoxy) is 1. The van der Waals surface area contributed by atoms with Gasteiger partial charge in [-0.2, -0.15) is 10.5 Å². The zero-order valence-electron chi connectivity index (χ0n) is 10.4. The van der Waals surface area contributed by atoms with E-state index in [0.29, 0.717) is 0 Å².